The number of rotatable bonds is 4. The lowest BCUT2D eigenvalue weighted by molar-refractivity contribution is 0.390. The fourth-order valence-electron chi connectivity index (χ4n) is 4.33. The van der Waals surface area contributed by atoms with Gasteiger partial charge in [-0.05, 0) is 63.1 Å². The quantitative estimate of drug-likeness (QED) is 0.904. The van der Waals surface area contributed by atoms with Crippen LogP contribution in [0.15, 0.2) is 27.9 Å². The first kappa shape index (κ1) is 16.3. The summed E-state index contributed by atoms with van der Waals surface area (Å²) in [6.07, 6.45) is 4.50. The van der Waals surface area contributed by atoms with E-state index in [1.807, 2.05) is 13.8 Å². The zero-order valence-electron chi connectivity index (χ0n) is 13.9. The van der Waals surface area contributed by atoms with Crippen LogP contribution in [0.1, 0.15) is 45.6 Å². The number of nitrogens with zero attached hydrogens (tertiary/aromatic N) is 1. The van der Waals surface area contributed by atoms with Crippen molar-refractivity contribution in [2.75, 3.05) is 0 Å². The molecule has 2 fully saturated rings. The van der Waals surface area contributed by atoms with Gasteiger partial charge < -0.3 is 0 Å². The number of fused-ring (bicyclic) bond motifs is 3. The predicted molar refractivity (Wildman–Crippen MR) is 96.0 cm³/mol. The third kappa shape index (κ3) is 2.62. The number of benzene rings is 1. The highest BCUT2D eigenvalue weighted by Crippen LogP contribution is 2.44. The van der Waals surface area contributed by atoms with Crippen LogP contribution in [0.4, 0.5) is 0 Å². The van der Waals surface area contributed by atoms with E-state index < -0.39 is 10.0 Å². The van der Waals surface area contributed by atoms with Crippen molar-refractivity contribution in [2.24, 2.45) is 11.8 Å². The molecule has 0 saturated heterocycles. The summed E-state index contributed by atoms with van der Waals surface area (Å²) in [5.41, 5.74) is 0.805. The number of hydrogen-bond donors (Lipinski definition) is 1. The summed E-state index contributed by atoms with van der Waals surface area (Å²) < 4.78 is 30.8. The van der Waals surface area contributed by atoms with E-state index in [0.717, 1.165) is 40.8 Å². The summed E-state index contributed by atoms with van der Waals surface area (Å²) in [6, 6.07) is 5.13. The monoisotopic (exact) mass is 366 g/mol. The normalized spacial score (nSPS) is 26.7. The molecule has 0 spiro atoms. The van der Waals surface area contributed by atoms with Gasteiger partial charge in [-0.1, -0.05) is 17.8 Å². The summed E-state index contributed by atoms with van der Waals surface area (Å²) in [6.45, 7) is 3.91. The molecule has 3 unspecified atom stereocenters. The number of thiazole rings is 1. The molecule has 4 rings (SSSR count). The van der Waals surface area contributed by atoms with Gasteiger partial charge in [-0.2, -0.15) is 0 Å². The molecule has 0 amide bonds. The molecule has 3 atom stereocenters. The molecule has 1 heterocycles. The molecule has 0 aliphatic heterocycles. The van der Waals surface area contributed by atoms with Gasteiger partial charge in [0.15, 0.2) is 0 Å². The largest absolute Gasteiger partial charge is 0.308 e. The van der Waals surface area contributed by atoms with E-state index in [1.54, 1.807) is 22.8 Å². The minimum Gasteiger partial charge on any atom is -0.296 e. The maximum atomic E-state index is 12.7. The van der Waals surface area contributed by atoms with Crippen LogP contribution in [0.2, 0.25) is 0 Å². The van der Waals surface area contributed by atoms with Crippen LogP contribution in [-0.4, -0.2) is 19.0 Å². The molecule has 0 radical (unpaired) electrons. The molecule has 2 aliphatic rings. The van der Waals surface area contributed by atoms with Crippen molar-refractivity contribution in [3.63, 3.8) is 0 Å². The second-order valence-corrected chi connectivity index (χ2v) is 10.1. The van der Waals surface area contributed by atoms with Crippen LogP contribution in [0.5, 0.6) is 0 Å². The average Bonchev–Trinajstić information content (AvgIpc) is 3.18. The fraction of sp³-hybridized carbons (Fsp3) is 0.588. The van der Waals surface area contributed by atoms with Crippen molar-refractivity contribution in [1.29, 1.82) is 0 Å². The third-order valence-electron chi connectivity index (χ3n) is 5.46. The van der Waals surface area contributed by atoms with Crippen LogP contribution in [0, 0.1) is 11.8 Å². The van der Waals surface area contributed by atoms with Gasteiger partial charge in [0.1, 0.15) is 0 Å². The Hall–Kier alpha value is -1.18. The van der Waals surface area contributed by atoms with Crippen molar-refractivity contribution in [2.45, 2.75) is 56.5 Å². The van der Waals surface area contributed by atoms with Gasteiger partial charge in [0.05, 0.1) is 15.1 Å². The van der Waals surface area contributed by atoms with Gasteiger partial charge in [-0.3, -0.25) is 9.36 Å². The standard InChI is InChI=1S/C17H22N2O3S2/c1-10(2)19-15-6-5-13(9-16(15)23-17(19)20)24(21,22)18-14-8-11-3-4-12(14)7-11/h5-6,9-12,14,18H,3-4,7-8H2,1-2H3. The molecular weight excluding hydrogens is 344 g/mol. The Morgan fingerprint density at radius 2 is 2.04 bits per heavy atom. The molecular formula is C17H22N2O3S2. The summed E-state index contributed by atoms with van der Waals surface area (Å²) >= 11 is 1.11. The molecule has 24 heavy (non-hydrogen) atoms. The van der Waals surface area contributed by atoms with Crippen LogP contribution >= 0.6 is 11.3 Å². The van der Waals surface area contributed by atoms with E-state index in [1.165, 1.54) is 6.42 Å². The van der Waals surface area contributed by atoms with Crippen molar-refractivity contribution in [3.8, 4) is 0 Å². The fourth-order valence-corrected chi connectivity index (χ4v) is 6.80. The average molecular weight is 367 g/mol. The summed E-state index contributed by atoms with van der Waals surface area (Å²) in [5, 5.41) is 0. The van der Waals surface area contributed by atoms with E-state index in [9.17, 15) is 13.2 Å². The van der Waals surface area contributed by atoms with Gasteiger partial charge >= 0.3 is 4.87 Å². The minimum atomic E-state index is -3.54. The number of hydrogen-bond acceptors (Lipinski definition) is 4. The highest BCUT2D eigenvalue weighted by Gasteiger charge is 2.41. The van der Waals surface area contributed by atoms with Crippen molar-refractivity contribution in [3.05, 3.63) is 27.9 Å². The lowest BCUT2D eigenvalue weighted by atomic mass is 9.96. The van der Waals surface area contributed by atoms with E-state index in [0.29, 0.717) is 11.8 Å². The Morgan fingerprint density at radius 3 is 2.67 bits per heavy atom. The molecule has 130 valence electrons. The Bertz CT molecular complexity index is 942. The summed E-state index contributed by atoms with van der Waals surface area (Å²) in [4.78, 5) is 12.3. The van der Waals surface area contributed by atoms with Gasteiger partial charge in [0.25, 0.3) is 0 Å². The minimum absolute atomic E-state index is 0.0457. The summed E-state index contributed by atoms with van der Waals surface area (Å²) in [5.74, 6) is 1.18. The molecule has 2 aliphatic carbocycles. The molecule has 2 saturated carbocycles. The van der Waals surface area contributed by atoms with Crippen molar-refractivity contribution < 1.29 is 8.42 Å². The first-order valence-corrected chi connectivity index (χ1v) is 10.8. The van der Waals surface area contributed by atoms with Crippen LogP contribution < -0.4 is 9.60 Å². The van der Waals surface area contributed by atoms with Gasteiger partial charge in [0, 0.05) is 12.1 Å². The summed E-state index contributed by atoms with van der Waals surface area (Å²) in [7, 11) is -3.54. The topological polar surface area (TPSA) is 68.2 Å². The van der Waals surface area contributed by atoms with Gasteiger partial charge in [-0.15, -0.1) is 0 Å². The SMILES string of the molecule is CC(C)n1c(=O)sc2cc(S(=O)(=O)NC3CC4CCC3C4)ccc21. The van der Waals surface area contributed by atoms with Gasteiger partial charge in [0.2, 0.25) is 10.0 Å². The smallest absolute Gasteiger partial charge is 0.296 e. The molecule has 7 heteroatoms. The van der Waals surface area contributed by atoms with Crippen LogP contribution in [0.25, 0.3) is 10.2 Å². The predicted octanol–water partition coefficient (Wildman–Crippen LogP) is 3.11. The van der Waals surface area contributed by atoms with E-state index in [-0.39, 0.29) is 21.9 Å². The van der Waals surface area contributed by atoms with Crippen molar-refractivity contribution >= 4 is 31.6 Å². The lowest BCUT2D eigenvalue weighted by Crippen LogP contribution is -2.38. The Labute approximate surface area is 145 Å². The lowest BCUT2D eigenvalue weighted by Gasteiger charge is -2.22. The van der Waals surface area contributed by atoms with E-state index in [2.05, 4.69) is 4.72 Å². The first-order chi connectivity index (χ1) is 11.3. The third-order valence-corrected chi connectivity index (χ3v) is 7.86. The Kier molecular flexibility index (Phi) is 3.85. The molecule has 1 aromatic carbocycles. The second kappa shape index (κ2) is 5.68. The number of nitrogens with one attached hydrogen (secondary N) is 1. The first-order valence-electron chi connectivity index (χ1n) is 8.52. The van der Waals surface area contributed by atoms with E-state index >= 15 is 0 Å². The molecule has 1 N–H and O–H groups in total. The molecule has 2 aromatic rings. The maximum absolute atomic E-state index is 12.7. The number of sulfonamides is 1. The van der Waals surface area contributed by atoms with E-state index in [4.69, 9.17) is 0 Å². The van der Waals surface area contributed by atoms with Gasteiger partial charge in [-0.25, -0.2) is 13.1 Å². The molecule has 1 aromatic heterocycles. The van der Waals surface area contributed by atoms with Crippen LogP contribution in [0.3, 0.4) is 0 Å². The molecule has 5 nitrogen and oxygen atoms in total. The zero-order chi connectivity index (χ0) is 17.1. The molecule has 2 bridgehead atoms. The van der Waals surface area contributed by atoms with Crippen LogP contribution in [-0.2, 0) is 10.0 Å². The highest BCUT2D eigenvalue weighted by molar-refractivity contribution is 7.89. The Balaban J connectivity index is 1.67. The maximum Gasteiger partial charge on any atom is 0.308 e. The van der Waals surface area contributed by atoms with Crippen molar-refractivity contribution in [1.82, 2.24) is 9.29 Å². The number of aromatic nitrogens is 1. The Morgan fingerprint density at radius 1 is 1.25 bits per heavy atom. The second-order valence-electron chi connectivity index (χ2n) is 7.36. The highest BCUT2D eigenvalue weighted by atomic mass is 32.2. The zero-order valence-corrected chi connectivity index (χ0v) is 15.5.